The molecule has 0 atom stereocenters. The Labute approximate surface area is 340 Å². The molecule has 0 radical (unpaired) electrons. The number of hydrogen-bond donors (Lipinski definition) is 1. The molecule has 7 heteroatoms. The summed E-state index contributed by atoms with van der Waals surface area (Å²) in [6.07, 6.45) is 7.75. The molecule has 296 valence electrons. The van der Waals surface area contributed by atoms with Crippen molar-refractivity contribution in [1.82, 2.24) is 0 Å². The Hall–Kier alpha value is -3.78. The molecule has 0 unspecified atom stereocenters. The minimum Gasteiger partial charge on any atom is -0.465 e. The Bertz CT molecular complexity index is 1920. The van der Waals surface area contributed by atoms with Crippen LogP contribution in [0, 0.1) is 0 Å². The lowest BCUT2D eigenvalue weighted by Crippen LogP contribution is -2.33. The molecule has 0 spiro atoms. The fourth-order valence-corrected chi connectivity index (χ4v) is 8.46. The number of carbonyl (C=O) groups is 2. The Morgan fingerprint density at radius 2 is 1.05 bits per heavy atom. The summed E-state index contributed by atoms with van der Waals surface area (Å²) in [5.41, 5.74) is 10.6. The summed E-state index contributed by atoms with van der Waals surface area (Å²) in [6, 6.07) is 28.5. The van der Waals surface area contributed by atoms with Gasteiger partial charge in [0, 0.05) is 15.5 Å². The van der Waals surface area contributed by atoms with Crippen molar-refractivity contribution in [2.24, 2.45) is 0 Å². The number of fused-ring (bicyclic) bond motifs is 2. The van der Waals surface area contributed by atoms with Gasteiger partial charge in [0.15, 0.2) is 0 Å². The SMILES string of the molecule is C=Cc1ccc(C(=O)OC)cc1.CC1(C)CCC(C)(C)c2cc(S)ccc21.COC(=O)c1ccc(CCSc2ccc3c(c2)C(C)(C)CCC3(C)C)cc1.O. The number of rotatable bonds is 7. The zero-order chi connectivity index (χ0) is 39.9. The van der Waals surface area contributed by atoms with Gasteiger partial charge in [-0.3, -0.25) is 0 Å². The van der Waals surface area contributed by atoms with E-state index in [0.29, 0.717) is 22.0 Å². The number of thioether (sulfide) groups is 1. The van der Waals surface area contributed by atoms with Crippen LogP contribution in [0.25, 0.3) is 6.08 Å². The highest BCUT2D eigenvalue weighted by Crippen LogP contribution is 2.47. The van der Waals surface area contributed by atoms with E-state index in [4.69, 9.17) is 4.74 Å². The second kappa shape index (κ2) is 18.9. The van der Waals surface area contributed by atoms with E-state index in [1.807, 2.05) is 48.2 Å². The lowest BCUT2D eigenvalue weighted by Gasteiger charge is -2.42. The van der Waals surface area contributed by atoms with Gasteiger partial charge in [0.25, 0.3) is 0 Å². The van der Waals surface area contributed by atoms with Crippen molar-refractivity contribution in [3.05, 3.63) is 136 Å². The van der Waals surface area contributed by atoms with Gasteiger partial charge in [-0.05, 0) is 136 Å². The first kappa shape index (κ1) is 45.6. The predicted octanol–water partition coefficient (Wildman–Crippen LogP) is 11.8. The van der Waals surface area contributed by atoms with Crippen LogP contribution in [0.2, 0.25) is 0 Å². The molecule has 2 aliphatic carbocycles. The van der Waals surface area contributed by atoms with Crippen LogP contribution in [0.15, 0.2) is 101 Å². The second-order valence-corrected chi connectivity index (χ2v) is 18.8. The lowest BCUT2D eigenvalue weighted by atomic mass is 9.63. The number of ether oxygens (including phenoxy) is 2. The van der Waals surface area contributed by atoms with E-state index in [2.05, 4.69) is 116 Å². The molecule has 5 nitrogen and oxygen atoms in total. The van der Waals surface area contributed by atoms with Crippen LogP contribution in [0.3, 0.4) is 0 Å². The second-order valence-electron chi connectivity index (χ2n) is 17.1. The third kappa shape index (κ3) is 11.6. The van der Waals surface area contributed by atoms with Crippen molar-refractivity contribution in [2.75, 3.05) is 20.0 Å². The number of esters is 2. The van der Waals surface area contributed by atoms with Gasteiger partial charge in [0.2, 0.25) is 0 Å². The highest BCUT2D eigenvalue weighted by molar-refractivity contribution is 7.99. The molecule has 4 aromatic carbocycles. The molecule has 0 saturated carbocycles. The van der Waals surface area contributed by atoms with Crippen molar-refractivity contribution in [3.63, 3.8) is 0 Å². The number of methoxy groups -OCH3 is 2. The van der Waals surface area contributed by atoms with Crippen LogP contribution in [0.1, 0.15) is 135 Å². The van der Waals surface area contributed by atoms with E-state index < -0.39 is 0 Å². The Morgan fingerprint density at radius 1 is 0.636 bits per heavy atom. The Kier molecular flexibility index (Phi) is 15.7. The first-order valence-corrected chi connectivity index (χ1v) is 20.4. The fourth-order valence-electron chi connectivity index (χ4n) is 7.32. The molecule has 0 amide bonds. The van der Waals surface area contributed by atoms with Gasteiger partial charge < -0.3 is 14.9 Å². The van der Waals surface area contributed by atoms with E-state index in [-0.39, 0.29) is 28.2 Å². The van der Waals surface area contributed by atoms with Crippen LogP contribution in [-0.2, 0) is 37.6 Å². The number of hydrogen-bond acceptors (Lipinski definition) is 6. The number of benzene rings is 4. The maximum absolute atomic E-state index is 11.5. The van der Waals surface area contributed by atoms with Gasteiger partial charge in [-0.25, -0.2) is 9.59 Å². The average Bonchev–Trinajstić information content (AvgIpc) is 3.15. The van der Waals surface area contributed by atoms with Gasteiger partial charge in [-0.15, -0.1) is 24.4 Å². The van der Waals surface area contributed by atoms with Gasteiger partial charge in [0.1, 0.15) is 0 Å². The first-order valence-electron chi connectivity index (χ1n) is 18.9. The summed E-state index contributed by atoms with van der Waals surface area (Å²) in [7, 11) is 2.78. The summed E-state index contributed by atoms with van der Waals surface area (Å²) >= 11 is 6.37. The van der Waals surface area contributed by atoms with Crippen molar-refractivity contribution in [1.29, 1.82) is 0 Å². The largest absolute Gasteiger partial charge is 0.465 e. The highest BCUT2D eigenvalue weighted by atomic mass is 32.2. The molecule has 2 N–H and O–H groups in total. The number of carbonyl (C=O) groups excluding carboxylic acids is 2. The van der Waals surface area contributed by atoms with E-state index in [9.17, 15) is 9.59 Å². The standard InChI is InChI=1S/C24H30O2S.C14H20S.C10H10O2.H2O/c1-23(2)13-14-24(3,4)21-16-19(10-11-20(21)23)27-15-12-17-6-8-18(9-7-17)22(25)26-5;1-13(2)7-8-14(3,4)12-9-10(15)5-6-11(12)13;1-3-8-4-6-9(7-5-8)10(11)12-2;/h6-11,16H,12-15H2,1-5H3;5-6,9,15H,7-8H2,1-4H3;3-7H,1H2,2H3;1H2. The van der Waals surface area contributed by atoms with Crippen LogP contribution in [0.5, 0.6) is 0 Å². The van der Waals surface area contributed by atoms with E-state index >= 15 is 0 Å². The topological polar surface area (TPSA) is 84.1 Å². The zero-order valence-corrected chi connectivity index (χ0v) is 36.3. The fraction of sp³-hybridized carbons (Fsp3) is 0.417. The van der Waals surface area contributed by atoms with E-state index in [0.717, 1.165) is 22.6 Å². The molecule has 0 saturated heterocycles. The van der Waals surface area contributed by atoms with Crippen molar-refractivity contribution < 1.29 is 24.5 Å². The summed E-state index contributed by atoms with van der Waals surface area (Å²) in [6.45, 7) is 22.5. The highest BCUT2D eigenvalue weighted by Gasteiger charge is 2.38. The summed E-state index contributed by atoms with van der Waals surface area (Å²) in [5.74, 6) is 0.432. The van der Waals surface area contributed by atoms with Crippen LogP contribution in [0.4, 0.5) is 0 Å². The number of aryl methyl sites for hydroxylation is 1. The average molecular weight is 783 g/mol. The molecule has 6 rings (SSSR count). The molecule has 2 aliphatic rings. The van der Waals surface area contributed by atoms with Crippen LogP contribution in [-0.4, -0.2) is 37.4 Å². The lowest BCUT2D eigenvalue weighted by molar-refractivity contribution is 0.0592. The third-order valence-electron chi connectivity index (χ3n) is 11.3. The maximum atomic E-state index is 11.5. The van der Waals surface area contributed by atoms with Crippen molar-refractivity contribution >= 4 is 42.4 Å². The molecule has 0 bridgehead atoms. The monoisotopic (exact) mass is 782 g/mol. The van der Waals surface area contributed by atoms with Gasteiger partial charge in [-0.2, -0.15) is 0 Å². The first-order chi connectivity index (χ1) is 25.3. The summed E-state index contributed by atoms with van der Waals surface area (Å²) < 4.78 is 9.29. The number of thiol groups is 1. The van der Waals surface area contributed by atoms with Crippen LogP contribution >= 0.6 is 24.4 Å². The molecule has 0 aliphatic heterocycles. The minimum absolute atomic E-state index is 0. The molecule has 0 aromatic heterocycles. The molecular formula is C48H62O5S2. The molecular weight excluding hydrogens is 721 g/mol. The van der Waals surface area contributed by atoms with Gasteiger partial charge >= 0.3 is 11.9 Å². The molecule has 4 aromatic rings. The third-order valence-corrected chi connectivity index (χ3v) is 12.5. The predicted molar refractivity (Wildman–Crippen MR) is 234 cm³/mol. The molecule has 0 heterocycles. The van der Waals surface area contributed by atoms with E-state index in [1.54, 1.807) is 18.2 Å². The summed E-state index contributed by atoms with van der Waals surface area (Å²) in [4.78, 5) is 24.9. The van der Waals surface area contributed by atoms with Crippen LogP contribution < -0.4 is 0 Å². The maximum Gasteiger partial charge on any atom is 0.337 e. The minimum atomic E-state index is -0.314. The Morgan fingerprint density at radius 3 is 1.51 bits per heavy atom. The van der Waals surface area contributed by atoms with E-state index in [1.165, 1.54) is 72.6 Å². The zero-order valence-electron chi connectivity index (χ0n) is 34.6. The van der Waals surface area contributed by atoms with Gasteiger partial charge in [0.05, 0.1) is 25.3 Å². The van der Waals surface area contributed by atoms with Gasteiger partial charge in [-0.1, -0.05) is 104 Å². The normalized spacial score (nSPS) is 16.5. The smallest absolute Gasteiger partial charge is 0.337 e. The van der Waals surface area contributed by atoms with Crippen molar-refractivity contribution in [3.8, 4) is 0 Å². The summed E-state index contributed by atoms with van der Waals surface area (Å²) in [5, 5.41) is 0. The Balaban J connectivity index is 0.000000244. The molecule has 55 heavy (non-hydrogen) atoms. The van der Waals surface area contributed by atoms with Crippen molar-refractivity contribution in [2.45, 2.75) is 119 Å². The molecule has 0 fully saturated rings. The quantitative estimate of drug-likeness (QED) is 0.115.